The molecule has 1 aromatic heterocycles. The number of fused-ring (bicyclic) bond motifs is 1. The van der Waals surface area contributed by atoms with Crippen molar-refractivity contribution in [1.82, 2.24) is 0 Å². The normalized spacial score (nSPS) is 20.3. The fourth-order valence-corrected chi connectivity index (χ4v) is 3.41. The first-order valence-electron chi connectivity index (χ1n) is 6.80. The smallest absolute Gasteiger partial charge is 0.395 e. The summed E-state index contributed by atoms with van der Waals surface area (Å²) in [4.78, 5) is 1.26. The van der Waals surface area contributed by atoms with Crippen molar-refractivity contribution in [2.45, 2.75) is 25.2 Å². The molecule has 1 aliphatic carbocycles. The van der Waals surface area contributed by atoms with Gasteiger partial charge in [0.2, 0.25) is 0 Å². The molecule has 21 heavy (non-hydrogen) atoms. The quantitative estimate of drug-likeness (QED) is 0.893. The van der Waals surface area contributed by atoms with E-state index in [0.717, 1.165) is 5.69 Å². The Bertz CT molecular complexity index is 656. The first-order valence-corrected chi connectivity index (χ1v) is 7.68. The summed E-state index contributed by atoms with van der Waals surface area (Å²) in [7, 11) is 0. The zero-order valence-corrected chi connectivity index (χ0v) is 11.8. The monoisotopic (exact) mass is 309 g/mol. The molecule has 0 bridgehead atoms. The number of hydrogen-bond donors (Lipinski definition) is 1. The van der Waals surface area contributed by atoms with Gasteiger partial charge in [0.05, 0.1) is 6.04 Å². The Morgan fingerprint density at radius 2 is 2.00 bits per heavy atom. The van der Waals surface area contributed by atoms with E-state index in [-0.39, 0.29) is 17.5 Å². The van der Waals surface area contributed by atoms with Gasteiger partial charge >= 0.3 is 6.29 Å². The van der Waals surface area contributed by atoms with Crippen molar-refractivity contribution in [3.8, 4) is 11.5 Å². The molecule has 2 heterocycles. The van der Waals surface area contributed by atoms with Gasteiger partial charge in [-0.05, 0) is 42.3 Å². The Morgan fingerprint density at radius 3 is 2.71 bits per heavy atom. The lowest BCUT2D eigenvalue weighted by molar-refractivity contribution is -0.286. The summed E-state index contributed by atoms with van der Waals surface area (Å²) in [6.45, 7) is 0. The number of nitrogens with one attached hydrogen (secondary N) is 1. The number of thiophene rings is 1. The summed E-state index contributed by atoms with van der Waals surface area (Å²) in [6, 6.07) is 9.17. The van der Waals surface area contributed by atoms with Crippen LogP contribution in [0.5, 0.6) is 11.5 Å². The number of anilines is 1. The van der Waals surface area contributed by atoms with Gasteiger partial charge in [0.25, 0.3) is 0 Å². The first kappa shape index (κ1) is 12.9. The molecule has 1 aromatic carbocycles. The Morgan fingerprint density at radius 1 is 1.19 bits per heavy atom. The SMILES string of the molecule is FC1(F)Oc2ccc(NC(c3cccs3)C3CC3)cc2O1. The number of rotatable bonds is 4. The van der Waals surface area contributed by atoms with E-state index in [1.165, 1.54) is 23.8 Å². The van der Waals surface area contributed by atoms with Crippen LogP contribution in [0.2, 0.25) is 0 Å². The van der Waals surface area contributed by atoms with E-state index in [1.807, 2.05) is 11.4 Å². The van der Waals surface area contributed by atoms with E-state index in [0.29, 0.717) is 5.92 Å². The van der Waals surface area contributed by atoms with Crippen LogP contribution in [0.25, 0.3) is 0 Å². The topological polar surface area (TPSA) is 30.5 Å². The van der Waals surface area contributed by atoms with Crippen LogP contribution < -0.4 is 14.8 Å². The van der Waals surface area contributed by atoms with E-state index >= 15 is 0 Å². The molecular formula is C15H13F2NO2S. The van der Waals surface area contributed by atoms with Gasteiger partial charge in [-0.15, -0.1) is 20.1 Å². The third-order valence-corrected chi connectivity index (χ3v) is 4.62. The molecule has 110 valence electrons. The predicted octanol–water partition coefficient (Wildman–Crippen LogP) is 4.63. The van der Waals surface area contributed by atoms with Crippen LogP contribution in [0.4, 0.5) is 14.5 Å². The molecule has 1 atom stereocenters. The van der Waals surface area contributed by atoms with Gasteiger partial charge in [-0.25, -0.2) is 0 Å². The molecule has 0 amide bonds. The van der Waals surface area contributed by atoms with Crippen molar-refractivity contribution in [3.05, 3.63) is 40.6 Å². The van der Waals surface area contributed by atoms with Crippen molar-refractivity contribution in [1.29, 1.82) is 0 Å². The summed E-state index contributed by atoms with van der Waals surface area (Å²) in [5.41, 5.74) is 0.764. The molecule has 1 N–H and O–H groups in total. The Balaban J connectivity index is 1.57. The molecule has 2 aromatic rings. The number of halogens is 2. The van der Waals surface area contributed by atoms with Crippen molar-refractivity contribution in [3.63, 3.8) is 0 Å². The van der Waals surface area contributed by atoms with Crippen molar-refractivity contribution in [2.75, 3.05) is 5.32 Å². The number of alkyl halides is 2. The highest BCUT2D eigenvalue weighted by atomic mass is 32.1. The van der Waals surface area contributed by atoms with E-state index in [1.54, 1.807) is 23.5 Å². The second kappa shape index (κ2) is 4.59. The molecule has 1 saturated carbocycles. The lowest BCUT2D eigenvalue weighted by Crippen LogP contribution is -2.25. The van der Waals surface area contributed by atoms with Crippen LogP contribution in [-0.2, 0) is 0 Å². The zero-order valence-electron chi connectivity index (χ0n) is 11.0. The third-order valence-electron chi connectivity index (χ3n) is 3.67. The minimum absolute atomic E-state index is 0.0737. The van der Waals surface area contributed by atoms with E-state index in [9.17, 15) is 8.78 Å². The highest BCUT2D eigenvalue weighted by Gasteiger charge is 2.43. The van der Waals surface area contributed by atoms with Gasteiger partial charge in [-0.1, -0.05) is 6.07 Å². The van der Waals surface area contributed by atoms with E-state index in [2.05, 4.69) is 20.9 Å². The van der Waals surface area contributed by atoms with Gasteiger partial charge in [0.15, 0.2) is 11.5 Å². The molecule has 0 spiro atoms. The maximum absolute atomic E-state index is 13.0. The number of ether oxygens (including phenoxy) is 2. The summed E-state index contributed by atoms with van der Waals surface area (Å²) in [5.74, 6) is 0.755. The van der Waals surface area contributed by atoms with Gasteiger partial charge in [0, 0.05) is 16.6 Å². The molecule has 2 aliphatic rings. The van der Waals surface area contributed by atoms with Crippen molar-refractivity contribution >= 4 is 17.0 Å². The minimum atomic E-state index is -3.56. The molecular weight excluding hydrogens is 296 g/mol. The average molecular weight is 309 g/mol. The number of benzene rings is 1. The molecule has 6 heteroatoms. The molecule has 1 fully saturated rings. The maximum atomic E-state index is 13.0. The van der Waals surface area contributed by atoms with Crippen LogP contribution in [-0.4, -0.2) is 6.29 Å². The fraction of sp³-hybridized carbons (Fsp3) is 0.333. The maximum Gasteiger partial charge on any atom is 0.586 e. The summed E-state index contributed by atoms with van der Waals surface area (Å²) < 4.78 is 35.0. The van der Waals surface area contributed by atoms with Crippen LogP contribution in [0.15, 0.2) is 35.7 Å². The summed E-state index contributed by atoms with van der Waals surface area (Å²) >= 11 is 1.71. The fourth-order valence-electron chi connectivity index (χ4n) is 2.54. The zero-order chi connectivity index (χ0) is 14.4. The lowest BCUT2D eigenvalue weighted by Gasteiger charge is -2.18. The van der Waals surface area contributed by atoms with Gasteiger partial charge in [-0.3, -0.25) is 0 Å². The molecule has 3 nitrogen and oxygen atoms in total. The predicted molar refractivity (Wildman–Crippen MR) is 76.1 cm³/mol. The van der Waals surface area contributed by atoms with Crippen molar-refractivity contribution in [2.24, 2.45) is 5.92 Å². The standard InChI is InChI=1S/C15H13F2NO2S/c16-15(17)19-11-6-5-10(8-12(11)20-15)18-14(9-3-4-9)13-2-1-7-21-13/h1-2,5-9,14,18H,3-4H2. The van der Waals surface area contributed by atoms with Crippen LogP contribution in [0.3, 0.4) is 0 Å². The molecule has 0 radical (unpaired) electrons. The lowest BCUT2D eigenvalue weighted by atomic mass is 10.1. The first-order chi connectivity index (χ1) is 10.1. The van der Waals surface area contributed by atoms with Gasteiger partial charge < -0.3 is 14.8 Å². The Hall–Kier alpha value is -1.82. The number of hydrogen-bond acceptors (Lipinski definition) is 4. The van der Waals surface area contributed by atoms with Crippen molar-refractivity contribution < 1.29 is 18.3 Å². The minimum Gasteiger partial charge on any atom is -0.395 e. The van der Waals surface area contributed by atoms with Gasteiger partial charge in [-0.2, -0.15) is 0 Å². The van der Waals surface area contributed by atoms with Crippen LogP contribution in [0, 0.1) is 5.92 Å². The van der Waals surface area contributed by atoms with Gasteiger partial charge in [0.1, 0.15) is 0 Å². The molecule has 4 rings (SSSR count). The van der Waals surface area contributed by atoms with E-state index in [4.69, 9.17) is 0 Å². The van der Waals surface area contributed by atoms with E-state index < -0.39 is 6.29 Å². The third kappa shape index (κ3) is 2.55. The highest BCUT2D eigenvalue weighted by molar-refractivity contribution is 7.10. The summed E-state index contributed by atoms with van der Waals surface area (Å²) in [5, 5.41) is 5.48. The molecule has 0 saturated heterocycles. The second-order valence-electron chi connectivity index (χ2n) is 5.30. The second-order valence-corrected chi connectivity index (χ2v) is 6.28. The largest absolute Gasteiger partial charge is 0.586 e. The highest BCUT2D eigenvalue weighted by Crippen LogP contribution is 2.46. The van der Waals surface area contributed by atoms with Crippen LogP contribution >= 0.6 is 11.3 Å². The Kier molecular flexibility index (Phi) is 2.82. The molecule has 1 unspecified atom stereocenters. The molecule has 1 aliphatic heterocycles. The Labute approximate surface area is 124 Å². The average Bonchev–Trinajstić information content (AvgIpc) is 3.02. The van der Waals surface area contributed by atoms with Crippen LogP contribution in [0.1, 0.15) is 23.8 Å². The summed E-state index contributed by atoms with van der Waals surface area (Å²) in [6.07, 6.45) is -1.18.